The van der Waals surface area contributed by atoms with Crippen LogP contribution in [-0.2, 0) is 4.74 Å². The van der Waals surface area contributed by atoms with Crippen LogP contribution in [0.4, 0.5) is 5.82 Å². The molecule has 0 bridgehead atoms. The number of hydrogen-bond donors (Lipinski definition) is 0. The number of rotatable bonds is 3. The quantitative estimate of drug-likeness (QED) is 0.853. The van der Waals surface area contributed by atoms with E-state index < -0.39 is 0 Å². The maximum atomic E-state index is 5.20. The minimum Gasteiger partial charge on any atom is -0.384 e. The third-order valence-corrected chi connectivity index (χ3v) is 3.44. The Balaban J connectivity index is 2.08. The molecule has 1 atom stereocenters. The van der Waals surface area contributed by atoms with Gasteiger partial charge in [-0.2, -0.15) is 0 Å². The molecule has 0 spiro atoms. The minimum absolute atomic E-state index is 0.648. The van der Waals surface area contributed by atoms with E-state index in [1.54, 1.807) is 7.11 Å². The topological polar surface area (TPSA) is 25.4 Å². The molecule has 2 rings (SSSR count). The van der Waals surface area contributed by atoms with Crippen molar-refractivity contribution in [2.75, 3.05) is 31.7 Å². The van der Waals surface area contributed by atoms with Gasteiger partial charge in [0.25, 0.3) is 0 Å². The zero-order chi connectivity index (χ0) is 11.5. The number of anilines is 1. The van der Waals surface area contributed by atoms with Crippen LogP contribution in [0.15, 0.2) is 16.7 Å². The zero-order valence-electron chi connectivity index (χ0n) is 9.74. The van der Waals surface area contributed by atoms with Crippen molar-refractivity contribution < 1.29 is 4.74 Å². The third kappa shape index (κ3) is 2.55. The van der Waals surface area contributed by atoms with E-state index >= 15 is 0 Å². The maximum Gasteiger partial charge on any atom is 0.131 e. The van der Waals surface area contributed by atoms with Gasteiger partial charge in [-0.15, -0.1) is 0 Å². The SMILES string of the molecule is COCC1CCN(c2ncc(Br)cc2C)C1. The molecule has 0 N–H and O–H groups in total. The van der Waals surface area contributed by atoms with Crippen molar-refractivity contribution >= 4 is 21.7 Å². The van der Waals surface area contributed by atoms with Gasteiger partial charge in [0.15, 0.2) is 0 Å². The first-order valence-corrected chi connectivity index (χ1v) is 6.36. The fourth-order valence-corrected chi connectivity index (χ4v) is 2.71. The third-order valence-electron chi connectivity index (χ3n) is 3.01. The first-order valence-electron chi connectivity index (χ1n) is 5.56. The van der Waals surface area contributed by atoms with Crippen LogP contribution in [0.5, 0.6) is 0 Å². The normalized spacial score (nSPS) is 20.4. The lowest BCUT2D eigenvalue weighted by Crippen LogP contribution is -2.22. The van der Waals surface area contributed by atoms with Crippen molar-refractivity contribution in [2.24, 2.45) is 5.92 Å². The summed E-state index contributed by atoms with van der Waals surface area (Å²) < 4.78 is 6.25. The average Bonchev–Trinajstić information content (AvgIpc) is 2.67. The smallest absolute Gasteiger partial charge is 0.131 e. The van der Waals surface area contributed by atoms with Crippen LogP contribution in [0.3, 0.4) is 0 Å². The van der Waals surface area contributed by atoms with Crippen LogP contribution in [0.1, 0.15) is 12.0 Å². The van der Waals surface area contributed by atoms with Crippen LogP contribution in [0, 0.1) is 12.8 Å². The lowest BCUT2D eigenvalue weighted by atomic mass is 10.1. The minimum atomic E-state index is 0.648. The van der Waals surface area contributed by atoms with Crippen molar-refractivity contribution in [1.82, 2.24) is 4.98 Å². The highest BCUT2D eigenvalue weighted by atomic mass is 79.9. The van der Waals surface area contributed by atoms with Crippen LogP contribution >= 0.6 is 15.9 Å². The average molecular weight is 285 g/mol. The molecule has 0 aromatic carbocycles. The summed E-state index contributed by atoms with van der Waals surface area (Å²) in [6.45, 7) is 5.11. The van der Waals surface area contributed by atoms with E-state index in [4.69, 9.17) is 4.74 Å². The van der Waals surface area contributed by atoms with E-state index in [2.05, 4.69) is 38.8 Å². The van der Waals surface area contributed by atoms with Gasteiger partial charge >= 0.3 is 0 Å². The van der Waals surface area contributed by atoms with Gasteiger partial charge in [-0.1, -0.05) is 0 Å². The standard InChI is InChI=1S/C12H17BrN2O/c1-9-5-11(13)6-14-12(9)15-4-3-10(7-15)8-16-2/h5-6,10H,3-4,7-8H2,1-2H3. The van der Waals surface area contributed by atoms with Crippen molar-refractivity contribution in [3.8, 4) is 0 Å². The number of aryl methyl sites for hydroxylation is 1. The second-order valence-corrected chi connectivity index (χ2v) is 5.27. The lowest BCUT2D eigenvalue weighted by Gasteiger charge is -2.19. The fraction of sp³-hybridized carbons (Fsp3) is 0.583. The molecule has 1 saturated heterocycles. The molecule has 1 unspecified atom stereocenters. The van der Waals surface area contributed by atoms with E-state index in [0.717, 1.165) is 30.0 Å². The highest BCUT2D eigenvalue weighted by molar-refractivity contribution is 9.10. The fourth-order valence-electron chi connectivity index (χ4n) is 2.26. The molecule has 4 heteroatoms. The van der Waals surface area contributed by atoms with Crippen LogP contribution in [0.2, 0.25) is 0 Å². The lowest BCUT2D eigenvalue weighted by molar-refractivity contribution is 0.161. The summed E-state index contributed by atoms with van der Waals surface area (Å²) in [6, 6.07) is 2.12. The largest absolute Gasteiger partial charge is 0.384 e. The van der Waals surface area contributed by atoms with Gasteiger partial charge in [0, 0.05) is 36.8 Å². The molecule has 0 saturated carbocycles. The summed E-state index contributed by atoms with van der Waals surface area (Å²) in [4.78, 5) is 6.85. The van der Waals surface area contributed by atoms with Gasteiger partial charge in [-0.3, -0.25) is 0 Å². The molecule has 1 aliphatic rings. The van der Waals surface area contributed by atoms with Gasteiger partial charge in [0.2, 0.25) is 0 Å². The summed E-state index contributed by atoms with van der Waals surface area (Å²) in [5, 5.41) is 0. The van der Waals surface area contributed by atoms with Gasteiger partial charge in [0.05, 0.1) is 6.61 Å². The second kappa shape index (κ2) is 5.15. The molecule has 1 aliphatic heterocycles. The van der Waals surface area contributed by atoms with Crippen LogP contribution < -0.4 is 4.90 Å². The number of nitrogens with zero attached hydrogens (tertiary/aromatic N) is 2. The molecule has 1 fully saturated rings. The molecule has 2 heterocycles. The Morgan fingerprint density at radius 3 is 3.12 bits per heavy atom. The summed E-state index contributed by atoms with van der Waals surface area (Å²) >= 11 is 3.44. The molecule has 88 valence electrons. The summed E-state index contributed by atoms with van der Waals surface area (Å²) in [7, 11) is 1.77. The number of pyridine rings is 1. The Kier molecular flexibility index (Phi) is 3.82. The van der Waals surface area contributed by atoms with Crippen molar-refractivity contribution in [3.63, 3.8) is 0 Å². The molecule has 1 aromatic rings. The highest BCUT2D eigenvalue weighted by Crippen LogP contribution is 2.26. The summed E-state index contributed by atoms with van der Waals surface area (Å²) in [5.74, 6) is 1.76. The van der Waals surface area contributed by atoms with Crippen molar-refractivity contribution in [3.05, 3.63) is 22.3 Å². The van der Waals surface area contributed by atoms with Crippen LogP contribution in [0.25, 0.3) is 0 Å². The molecule has 16 heavy (non-hydrogen) atoms. The molecule has 1 aromatic heterocycles. The van der Waals surface area contributed by atoms with E-state index in [-0.39, 0.29) is 0 Å². The molecular weight excluding hydrogens is 268 g/mol. The predicted molar refractivity (Wildman–Crippen MR) is 68.9 cm³/mol. The molecule has 0 amide bonds. The zero-order valence-corrected chi connectivity index (χ0v) is 11.3. The monoisotopic (exact) mass is 284 g/mol. The molecule has 3 nitrogen and oxygen atoms in total. The Morgan fingerprint density at radius 2 is 2.44 bits per heavy atom. The van der Waals surface area contributed by atoms with Crippen molar-refractivity contribution in [2.45, 2.75) is 13.3 Å². The number of aromatic nitrogens is 1. The number of ether oxygens (including phenoxy) is 1. The van der Waals surface area contributed by atoms with E-state index in [9.17, 15) is 0 Å². The first-order chi connectivity index (χ1) is 7.70. The summed E-state index contributed by atoms with van der Waals surface area (Å²) in [6.07, 6.45) is 3.07. The highest BCUT2D eigenvalue weighted by Gasteiger charge is 2.24. The number of hydrogen-bond acceptors (Lipinski definition) is 3. The molecule has 0 aliphatic carbocycles. The Morgan fingerprint density at radius 1 is 1.62 bits per heavy atom. The first kappa shape index (κ1) is 11.9. The van der Waals surface area contributed by atoms with Crippen LogP contribution in [-0.4, -0.2) is 31.8 Å². The number of halogens is 1. The maximum absolute atomic E-state index is 5.20. The summed E-state index contributed by atoms with van der Waals surface area (Å²) in [5.41, 5.74) is 1.23. The van der Waals surface area contributed by atoms with Gasteiger partial charge in [-0.05, 0) is 40.9 Å². The van der Waals surface area contributed by atoms with Gasteiger partial charge < -0.3 is 9.64 Å². The van der Waals surface area contributed by atoms with Gasteiger partial charge in [0.1, 0.15) is 5.82 Å². The molecular formula is C12H17BrN2O. The van der Waals surface area contributed by atoms with E-state index in [0.29, 0.717) is 5.92 Å². The molecule has 0 radical (unpaired) electrons. The predicted octanol–water partition coefficient (Wildman–Crippen LogP) is 2.63. The Labute approximate surface area is 105 Å². The van der Waals surface area contributed by atoms with E-state index in [1.807, 2.05) is 6.20 Å². The van der Waals surface area contributed by atoms with Gasteiger partial charge in [-0.25, -0.2) is 4.98 Å². The Bertz CT molecular complexity index is 370. The number of methoxy groups -OCH3 is 1. The Hall–Kier alpha value is -0.610. The second-order valence-electron chi connectivity index (χ2n) is 4.35. The van der Waals surface area contributed by atoms with E-state index in [1.165, 1.54) is 12.0 Å². The van der Waals surface area contributed by atoms with Crippen molar-refractivity contribution in [1.29, 1.82) is 0 Å².